The van der Waals surface area contributed by atoms with Crippen LogP contribution in [0, 0.1) is 0 Å². The molecule has 0 aliphatic rings. The number of aliphatic carboxylic acids is 1. The molecule has 0 spiro atoms. The Hall–Kier alpha value is -2.60. The van der Waals surface area contributed by atoms with E-state index in [1.165, 1.54) is 7.11 Å². The van der Waals surface area contributed by atoms with Gasteiger partial charge in [-0.25, -0.2) is 0 Å². The SMILES string of the molecule is COc1ccc2c(c1)c(=O)c(CC(=O)O)cn2Cc1ccccc1Br. The summed E-state index contributed by atoms with van der Waals surface area (Å²) in [6.07, 6.45) is 1.31. The fourth-order valence-corrected chi connectivity index (χ4v) is 3.20. The zero-order chi connectivity index (χ0) is 18.0. The summed E-state index contributed by atoms with van der Waals surface area (Å²) < 4.78 is 8.05. The molecule has 0 aliphatic heterocycles. The summed E-state index contributed by atoms with van der Waals surface area (Å²) in [5.74, 6) is -0.476. The molecule has 1 N–H and O–H groups in total. The molecular weight excluding hydrogens is 386 g/mol. The highest BCUT2D eigenvalue weighted by Crippen LogP contribution is 2.22. The summed E-state index contributed by atoms with van der Waals surface area (Å²) in [7, 11) is 1.53. The topological polar surface area (TPSA) is 68.5 Å². The first-order chi connectivity index (χ1) is 12.0. The summed E-state index contributed by atoms with van der Waals surface area (Å²) in [4.78, 5) is 23.8. The van der Waals surface area contributed by atoms with E-state index in [1.807, 2.05) is 34.9 Å². The van der Waals surface area contributed by atoms with Crippen molar-refractivity contribution in [3.8, 4) is 5.75 Å². The van der Waals surface area contributed by atoms with Crippen LogP contribution >= 0.6 is 15.9 Å². The number of aromatic nitrogens is 1. The first-order valence-electron chi connectivity index (χ1n) is 7.65. The normalized spacial score (nSPS) is 10.8. The second kappa shape index (κ2) is 7.11. The fraction of sp³-hybridized carbons (Fsp3) is 0.158. The average Bonchev–Trinajstić information content (AvgIpc) is 2.60. The predicted octanol–water partition coefficient (Wildman–Crippen LogP) is 3.45. The maximum atomic E-state index is 12.7. The van der Waals surface area contributed by atoms with Gasteiger partial charge in [-0.2, -0.15) is 0 Å². The second-order valence-electron chi connectivity index (χ2n) is 5.66. The Morgan fingerprint density at radius 2 is 1.96 bits per heavy atom. The van der Waals surface area contributed by atoms with Gasteiger partial charge in [0.2, 0.25) is 0 Å². The highest BCUT2D eigenvalue weighted by molar-refractivity contribution is 9.10. The van der Waals surface area contributed by atoms with Crippen molar-refractivity contribution in [2.45, 2.75) is 13.0 Å². The van der Waals surface area contributed by atoms with E-state index in [2.05, 4.69) is 15.9 Å². The minimum absolute atomic E-state index is 0.250. The number of hydrogen-bond acceptors (Lipinski definition) is 3. The third-order valence-electron chi connectivity index (χ3n) is 4.00. The zero-order valence-corrected chi connectivity index (χ0v) is 15.1. The highest BCUT2D eigenvalue weighted by Gasteiger charge is 2.13. The summed E-state index contributed by atoms with van der Waals surface area (Å²) >= 11 is 3.52. The number of rotatable bonds is 5. The molecule has 25 heavy (non-hydrogen) atoms. The van der Waals surface area contributed by atoms with Crippen LogP contribution in [0.15, 0.2) is 57.9 Å². The molecule has 0 fully saturated rings. The number of carboxylic acids is 1. The first-order valence-corrected chi connectivity index (χ1v) is 8.44. The molecule has 0 radical (unpaired) electrons. The van der Waals surface area contributed by atoms with Crippen LogP contribution in [0.3, 0.4) is 0 Å². The van der Waals surface area contributed by atoms with E-state index in [4.69, 9.17) is 9.84 Å². The molecule has 1 aromatic heterocycles. The van der Waals surface area contributed by atoms with E-state index in [0.717, 1.165) is 15.6 Å². The Balaban J connectivity index is 2.22. The van der Waals surface area contributed by atoms with Crippen LogP contribution in [-0.2, 0) is 17.8 Å². The van der Waals surface area contributed by atoms with E-state index < -0.39 is 5.97 Å². The van der Waals surface area contributed by atoms with Crippen LogP contribution < -0.4 is 10.2 Å². The quantitative estimate of drug-likeness (QED) is 0.710. The molecule has 0 amide bonds. The third kappa shape index (κ3) is 3.58. The van der Waals surface area contributed by atoms with E-state index in [0.29, 0.717) is 17.7 Å². The molecule has 1 heterocycles. The van der Waals surface area contributed by atoms with Gasteiger partial charge in [-0.3, -0.25) is 9.59 Å². The summed E-state index contributed by atoms with van der Waals surface area (Å²) in [5.41, 5.74) is 1.74. The standard InChI is InChI=1S/C19H16BrNO4/c1-25-14-6-7-17-15(9-14)19(24)13(8-18(22)23)11-21(17)10-12-4-2-3-5-16(12)20/h2-7,9,11H,8,10H2,1H3,(H,22,23). The molecule has 0 saturated heterocycles. The number of carboxylic acid groups (broad SMARTS) is 1. The van der Waals surface area contributed by atoms with Crippen molar-refractivity contribution in [2.75, 3.05) is 7.11 Å². The van der Waals surface area contributed by atoms with Crippen LogP contribution in [0.1, 0.15) is 11.1 Å². The Morgan fingerprint density at radius 3 is 2.64 bits per heavy atom. The van der Waals surface area contributed by atoms with Gasteiger partial charge < -0.3 is 14.4 Å². The molecule has 2 aromatic carbocycles. The maximum Gasteiger partial charge on any atom is 0.308 e. The number of pyridine rings is 1. The number of methoxy groups -OCH3 is 1. The van der Waals surface area contributed by atoms with Crippen molar-refractivity contribution in [3.63, 3.8) is 0 Å². The minimum Gasteiger partial charge on any atom is -0.497 e. The lowest BCUT2D eigenvalue weighted by atomic mass is 10.1. The van der Waals surface area contributed by atoms with Gasteiger partial charge in [0.25, 0.3) is 0 Å². The minimum atomic E-state index is -1.04. The van der Waals surface area contributed by atoms with E-state index >= 15 is 0 Å². The summed E-state index contributed by atoms with van der Waals surface area (Å²) in [5, 5.41) is 9.56. The lowest BCUT2D eigenvalue weighted by Crippen LogP contribution is -2.18. The lowest BCUT2D eigenvalue weighted by Gasteiger charge is -2.15. The number of benzene rings is 2. The zero-order valence-electron chi connectivity index (χ0n) is 13.5. The van der Waals surface area contributed by atoms with Gasteiger partial charge in [-0.15, -0.1) is 0 Å². The number of ether oxygens (including phenoxy) is 1. The maximum absolute atomic E-state index is 12.7. The van der Waals surface area contributed by atoms with Gasteiger partial charge in [0.1, 0.15) is 5.75 Å². The molecule has 0 bridgehead atoms. The first kappa shape index (κ1) is 17.2. The van der Waals surface area contributed by atoms with Crippen LogP contribution in [0.25, 0.3) is 10.9 Å². The Bertz CT molecular complexity index is 1010. The molecular formula is C19H16BrNO4. The van der Waals surface area contributed by atoms with Crippen molar-refractivity contribution < 1.29 is 14.6 Å². The predicted molar refractivity (Wildman–Crippen MR) is 99.3 cm³/mol. The van der Waals surface area contributed by atoms with Crippen molar-refractivity contribution in [1.82, 2.24) is 4.57 Å². The Kier molecular flexibility index (Phi) is 4.90. The molecule has 0 saturated carbocycles. The fourth-order valence-electron chi connectivity index (χ4n) is 2.79. The second-order valence-corrected chi connectivity index (χ2v) is 6.51. The van der Waals surface area contributed by atoms with Crippen LogP contribution in [0.2, 0.25) is 0 Å². The van der Waals surface area contributed by atoms with Gasteiger partial charge in [0.05, 0.1) is 19.0 Å². The van der Waals surface area contributed by atoms with Gasteiger partial charge in [0, 0.05) is 28.2 Å². The number of carbonyl (C=O) groups is 1. The van der Waals surface area contributed by atoms with E-state index in [9.17, 15) is 9.59 Å². The summed E-state index contributed by atoms with van der Waals surface area (Å²) in [6, 6.07) is 13.0. The molecule has 0 atom stereocenters. The molecule has 6 heteroatoms. The highest BCUT2D eigenvalue weighted by atomic mass is 79.9. The number of hydrogen-bond donors (Lipinski definition) is 1. The number of fused-ring (bicyclic) bond motifs is 1. The average molecular weight is 402 g/mol. The number of halogens is 1. The molecule has 0 aliphatic carbocycles. The smallest absolute Gasteiger partial charge is 0.308 e. The van der Waals surface area contributed by atoms with Crippen molar-refractivity contribution in [1.29, 1.82) is 0 Å². The lowest BCUT2D eigenvalue weighted by molar-refractivity contribution is -0.136. The Labute approximate surface area is 152 Å². The summed E-state index contributed by atoms with van der Waals surface area (Å²) in [6.45, 7) is 0.511. The largest absolute Gasteiger partial charge is 0.497 e. The van der Waals surface area contributed by atoms with E-state index in [-0.39, 0.29) is 17.4 Å². The van der Waals surface area contributed by atoms with Crippen molar-refractivity contribution >= 4 is 32.8 Å². The molecule has 3 aromatic rings. The molecule has 128 valence electrons. The molecule has 0 unspecified atom stereocenters. The van der Waals surface area contributed by atoms with Crippen molar-refractivity contribution in [2.24, 2.45) is 0 Å². The van der Waals surface area contributed by atoms with Gasteiger partial charge in [-0.1, -0.05) is 34.1 Å². The number of nitrogens with zero attached hydrogens (tertiary/aromatic N) is 1. The van der Waals surface area contributed by atoms with E-state index in [1.54, 1.807) is 18.3 Å². The Morgan fingerprint density at radius 1 is 1.20 bits per heavy atom. The molecule has 3 rings (SSSR count). The van der Waals surface area contributed by atoms with Crippen LogP contribution in [0.5, 0.6) is 5.75 Å². The monoisotopic (exact) mass is 401 g/mol. The van der Waals surface area contributed by atoms with Crippen LogP contribution in [0.4, 0.5) is 0 Å². The van der Waals surface area contributed by atoms with Gasteiger partial charge in [0.15, 0.2) is 5.43 Å². The molecule has 5 nitrogen and oxygen atoms in total. The van der Waals surface area contributed by atoms with Crippen LogP contribution in [-0.4, -0.2) is 22.8 Å². The third-order valence-corrected chi connectivity index (χ3v) is 4.77. The van der Waals surface area contributed by atoms with Gasteiger partial charge >= 0.3 is 5.97 Å². The van der Waals surface area contributed by atoms with Gasteiger partial charge in [-0.05, 0) is 29.8 Å². The van der Waals surface area contributed by atoms with Crippen molar-refractivity contribution in [3.05, 3.63) is 74.5 Å².